The van der Waals surface area contributed by atoms with Crippen molar-refractivity contribution in [3.05, 3.63) is 83.9 Å². The molecule has 4 N–H and O–H groups in total. The highest BCUT2D eigenvalue weighted by Crippen LogP contribution is 2.33. The van der Waals surface area contributed by atoms with E-state index in [9.17, 15) is 10.2 Å². The van der Waals surface area contributed by atoms with Gasteiger partial charge in [-0.05, 0) is 11.1 Å². The van der Waals surface area contributed by atoms with Crippen LogP contribution in [0.4, 0.5) is 5.82 Å². The van der Waals surface area contributed by atoms with Gasteiger partial charge in [-0.25, -0.2) is 15.0 Å². The number of nitrogens with zero attached hydrogens (tertiary/aromatic N) is 4. The van der Waals surface area contributed by atoms with Crippen LogP contribution in [0.5, 0.6) is 0 Å². The minimum Gasteiger partial charge on any atom is -0.387 e. The quantitative estimate of drug-likeness (QED) is 0.231. The van der Waals surface area contributed by atoms with Crippen LogP contribution in [0.1, 0.15) is 42.9 Å². The predicted octanol–water partition coefficient (Wildman–Crippen LogP) is 2.83. The van der Waals surface area contributed by atoms with Crippen LogP contribution < -0.4 is 10.6 Å². The number of imidazole rings is 1. The van der Waals surface area contributed by atoms with E-state index in [1.54, 1.807) is 10.9 Å². The standard InChI is InChI=1S/C29H36N6O4/c1-18(2)30-15-23-33-27(31-14-21(19-10-6-4-7-11-19)20-12-8-5-9-13-20)24-28(34-23)35(17-32-24)29-26(37)25(36)22(39-29)16-38-3/h4-13,17-18,21-22,25-26,29-30,36-37H,14-16H2,1-3H3,(H,31,33,34)/t22-,25-,26-,29-/m1/s1. The third-order valence-corrected chi connectivity index (χ3v) is 6.96. The Morgan fingerprint density at radius 3 is 2.26 bits per heavy atom. The molecule has 1 aliphatic rings. The van der Waals surface area contributed by atoms with Gasteiger partial charge in [0, 0.05) is 25.6 Å². The lowest BCUT2D eigenvalue weighted by Gasteiger charge is -2.20. The van der Waals surface area contributed by atoms with Gasteiger partial charge in [-0.15, -0.1) is 0 Å². The molecule has 5 rings (SSSR count). The Morgan fingerprint density at radius 1 is 0.974 bits per heavy atom. The first-order valence-electron chi connectivity index (χ1n) is 13.3. The molecular weight excluding hydrogens is 496 g/mol. The summed E-state index contributed by atoms with van der Waals surface area (Å²) in [5.41, 5.74) is 3.45. The maximum atomic E-state index is 10.8. The monoisotopic (exact) mass is 532 g/mol. The van der Waals surface area contributed by atoms with Crippen molar-refractivity contribution in [3.8, 4) is 0 Å². The van der Waals surface area contributed by atoms with Gasteiger partial charge in [-0.3, -0.25) is 4.57 Å². The van der Waals surface area contributed by atoms with Crippen LogP contribution in [0.2, 0.25) is 0 Å². The summed E-state index contributed by atoms with van der Waals surface area (Å²) in [6.07, 6.45) is -2.20. The minimum absolute atomic E-state index is 0.0849. The lowest BCUT2D eigenvalue weighted by atomic mass is 9.91. The van der Waals surface area contributed by atoms with Gasteiger partial charge in [0.2, 0.25) is 0 Å². The maximum absolute atomic E-state index is 10.8. The van der Waals surface area contributed by atoms with Crippen molar-refractivity contribution < 1.29 is 19.7 Å². The summed E-state index contributed by atoms with van der Waals surface area (Å²) < 4.78 is 12.8. The van der Waals surface area contributed by atoms with E-state index in [0.29, 0.717) is 35.9 Å². The Kier molecular flexibility index (Phi) is 8.49. The largest absolute Gasteiger partial charge is 0.387 e. The molecule has 39 heavy (non-hydrogen) atoms. The van der Waals surface area contributed by atoms with Gasteiger partial charge in [0.15, 0.2) is 23.2 Å². The van der Waals surface area contributed by atoms with Gasteiger partial charge in [0.1, 0.15) is 24.1 Å². The number of anilines is 1. The van der Waals surface area contributed by atoms with Crippen molar-refractivity contribution in [1.82, 2.24) is 24.8 Å². The molecule has 1 fully saturated rings. The number of benzene rings is 2. The average Bonchev–Trinajstić information content (AvgIpc) is 3.49. The van der Waals surface area contributed by atoms with Crippen molar-refractivity contribution in [2.24, 2.45) is 0 Å². The summed E-state index contributed by atoms with van der Waals surface area (Å²) in [6, 6.07) is 21.0. The number of hydrogen-bond donors (Lipinski definition) is 4. The third-order valence-electron chi connectivity index (χ3n) is 6.96. The smallest absolute Gasteiger partial charge is 0.168 e. The third kappa shape index (κ3) is 5.95. The van der Waals surface area contributed by atoms with Crippen molar-refractivity contribution in [2.75, 3.05) is 25.6 Å². The number of rotatable bonds is 11. The molecule has 0 unspecified atom stereocenters. The van der Waals surface area contributed by atoms with E-state index >= 15 is 0 Å². The van der Waals surface area contributed by atoms with Crippen LogP contribution in [-0.2, 0) is 16.0 Å². The van der Waals surface area contributed by atoms with Gasteiger partial charge < -0.3 is 30.3 Å². The molecule has 2 aromatic heterocycles. The Balaban J connectivity index is 1.50. The predicted molar refractivity (Wildman–Crippen MR) is 148 cm³/mol. The van der Waals surface area contributed by atoms with E-state index in [2.05, 4.69) is 53.7 Å². The molecule has 0 spiro atoms. The van der Waals surface area contributed by atoms with Gasteiger partial charge in [-0.1, -0.05) is 74.5 Å². The molecule has 1 aliphatic heterocycles. The number of nitrogens with one attached hydrogen (secondary N) is 2. The number of fused-ring (bicyclic) bond motifs is 1. The second kappa shape index (κ2) is 12.2. The van der Waals surface area contributed by atoms with E-state index in [-0.39, 0.29) is 18.6 Å². The van der Waals surface area contributed by atoms with Crippen LogP contribution in [0.15, 0.2) is 67.0 Å². The van der Waals surface area contributed by atoms with Crippen LogP contribution >= 0.6 is 0 Å². The van der Waals surface area contributed by atoms with E-state index in [0.717, 1.165) is 0 Å². The highest BCUT2D eigenvalue weighted by Gasteiger charge is 2.44. The summed E-state index contributed by atoms with van der Waals surface area (Å²) in [5.74, 6) is 1.26. The van der Waals surface area contributed by atoms with Crippen molar-refractivity contribution >= 4 is 17.0 Å². The van der Waals surface area contributed by atoms with Crippen molar-refractivity contribution in [1.29, 1.82) is 0 Å². The average molecular weight is 533 g/mol. The zero-order valence-electron chi connectivity index (χ0n) is 22.4. The van der Waals surface area contributed by atoms with Crippen LogP contribution in [0.25, 0.3) is 11.2 Å². The molecule has 10 heteroatoms. The highest BCUT2D eigenvalue weighted by atomic mass is 16.6. The molecular formula is C29H36N6O4. The minimum atomic E-state index is -1.16. The fraction of sp³-hybridized carbons (Fsp3) is 0.414. The van der Waals surface area contributed by atoms with E-state index < -0.39 is 24.5 Å². The Hall–Kier alpha value is -3.41. The fourth-order valence-electron chi connectivity index (χ4n) is 4.90. The number of aromatic nitrogens is 4. The SMILES string of the molecule is COC[C@H]1O[C@@H](n2cnc3c(NCC(c4ccccc4)c4ccccc4)nc(CNC(C)C)nc32)[C@H](O)[C@@H]1O. The van der Waals surface area contributed by atoms with E-state index in [1.807, 2.05) is 36.4 Å². The summed E-state index contributed by atoms with van der Waals surface area (Å²) in [4.78, 5) is 14.2. The molecule has 0 bridgehead atoms. The Bertz CT molecular complexity index is 1310. The normalized spacial score (nSPS) is 21.3. The Morgan fingerprint density at radius 2 is 1.64 bits per heavy atom. The number of aliphatic hydroxyl groups excluding tert-OH is 2. The first kappa shape index (κ1) is 27.2. The molecule has 1 saturated heterocycles. The molecule has 3 heterocycles. The fourth-order valence-corrected chi connectivity index (χ4v) is 4.90. The van der Waals surface area contributed by atoms with E-state index in [4.69, 9.17) is 19.4 Å². The van der Waals surface area contributed by atoms with Gasteiger partial charge in [-0.2, -0.15) is 0 Å². The lowest BCUT2D eigenvalue weighted by molar-refractivity contribution is -0.0580. The second-order valence-electron chi connectivity index (χ2n) is 10.1. The topological polar surface area (TPSA) is 127 Å². The summed E-state index contributed by atoms with van der Waals surface area (Å²) in [5, 5.41) is 28.2. The highest BCUT2D eigenvalue weighted by molar-refractivity contribution is 5.83. The molecule has 0 radical (unpaired) electrons. The lowest BCUT2D eigenvalue weighted by Crippen LogP contribution is -2.33. The zero-order chi connectivity index (χ0) is 27.4. The second-order valence-corrected chi connectivity index (χ2v) is 10.1. The summed E-state index contributed by atoms with van der Waals surface area (Å²) in [7, 11) is 1.53. The van der Waals surface area contributed by atoms with Gasteiger partial charge in [0.25, 0.3) is 0 Å². The Labute approximate surface area is 228 Å². The van der Waals surface area contributed by atoms with Crippen molar-refractivity contribution in [3.63, 3.8) is 0 Å². The van der Waals surface area contributed by atoms with E-state index in [1.165, 1.54) is 18.2 Å². The zero-order valence-corrected chi connectivity index (χ0v) is 22.4. The number of hydrogen-bond acceptors (Lipinski definition) is 9. The molecule has 10 nitrogen and oxygen atoms in total. The molecule has 0 amide bonds. The maximum Gasteiger partial charge on any atom is 0.168 e. The number of methoxy groups -OCH3 is 1. The first-order valence-corrected chi connectivity index (χ1v) is 13.3. The first-order chi connectivity index (χ1) is 19.0. The number of aliphatic hydroxyl groups is 2. The molecule has 4 atom stereocenters. The van der Waals surface area contributed by atoms with Crippen LogP contribution in [0.3, 0.4) is 0 Å². The van der Waals surface area contributed by atoms with Gasteiger partial charge >= 0.3 is 0 Å². The molecule has 4 aromatic rings. The van der Waals surface area contributed by atoms with Crippen molar-refractivity contribution in [2.45, 2.75) is 56.9 Å². The summed E-state index contributed by atoms with van der Waals surface area (Å²) >= 11 is 0. The molecule has 2 aromatic carbocycles. The molecule has 206 valence electrons. The molecule has 0 aliphatic carbocycles. The van der Waals surface area contributed by atoms with Gasteiger partial charge in [0.05, 0.1) is 19.5 Å². The van der Waals surface area contributed by atoms with Crippen LogP contribution in [0, 0.1) is 0 Å². The van der Waals surface area contributed by atoms with Crippen LogP contribution in [-0.4, -0.2) is 74.3 Å². The number of ether oxygens (including phenoxy) is 2. The summed E-state index contributed by atoms with van der Waals surface area (Å²) in [6.45, 7) is 5.32. The molecule has 0 saturated carbocycles.